The van der Waals surface area contributed by atoms with Gasteiger partial charge in [-0.1, -0.05) is 0 Å². The van der Waals surface area contributed by atoms with E-state index in [0.717, 1.165) is 5.01 Å². The van der Waals surface area contributed by atoms with E-state index in [2.05, 4.69) is 4.98 Å². The number of thiazole rings is 1. The maximum atomic E-state index is 13.1. The molecule has 0 aliphatic carbocycles. The Labute approximate surface area is 102 Å². The molecule has 0 amide bonds. The van der Waals surface area contributed by atoms with E-state index < -0.39 is 5.82 Å². The third kappa shape index (κ3) is 2.34. The molecule has 1 heterocycles. The van der Waals surface area contributed by atoms with Gasteiger partial charge >= 0.3 is 0 Å². The number of hydrogen-bond donors (Lipinski definition) is 0. The van der Waals surface area contributed by atoms with Gasteiger partial charge in [-0.15, -0.1) is 11.3 Å². The number of benzene rings is 1. The maximum absolute atomic E-state index is 13.1. The smallest absolute Gasteiger partial charge is 0.208 e. The van der Waals surface area contributed by atoms with Gasteiger partial charge in [-0.3, -0.25) is 4.79 Å². The third-order valence-electron chi connectivity index (χ3n) is 2.25. The van der Waals surface area contributed by atoms with Crippen molar-refractivity contribution in [1.82, 2.24) is 4.98 Å². The summed E-state index contributed by atoms with van der Waals surface area (Å²) >= 11 is 1.28. The number of aromatic nitrogens is 1. The van der Waals surface area contributed by atoms with Gasteiger partial charge in [-0.25, -0.2) is 9.37 Å². The minimum atomic E-state index is -0.463. The molecular weight excluding hydrogens is 241 g/mol. The largest absolute Gasteiger partial charge is 0.496 e. The molecule has 0 aliphatic rings. The van der Waals surface area contributed by atoms with Crippen molar-refractivity contribution >= 4 is 17.1 Å². The average molecular weight is 251 g/mol. The zero-order chi connectivity index (χ0) is 12.4. The van der Waals surface area contributed by atoms with Crippen molar-refractivity contribution in [2.75, 3.05) is 7.11 Å². The van der Waals surface area contributed by atoms with E-state index in [-0.39, 0.29) is 11.3 Å². The number of carbonyl (C=O) groups is 1. The van der Waals surface area contributed by atoms with Crippen molar-refractivity contribution in [3.05, 3.63) is 45.7 Å². The van der Waals surface area contributed by atoms with Crippen LogP contribution in [0.3, 0.4) is 0 Å². The molecule has 0 fully saturated rings. The monoisotopic (exact) mass is 251 g/mol. The fraction of sp³-hybridized carbons (Fsp3) is 0.167. The third-order valence-corrected chi connectivity index (χ3v) is 3.16. The molecule has 17 heavy (non-hydrogen) atoms. The second-order valence-electron chi connectivity index (χ2n) is 3.42. The van der Waals surface area contributed by atoms with Crippen molar-refractivity contribution < 1.29 is 13.9 Å². The topological polar surface area (TPSA) is 39.2 Å². The summed E-state index contributed by atoms with van der Waals surface area (Å²) in [6.45, 7) is 1.81. The van der Waals surface area contributed by atoms with Crippen molar-refractivity contribution in [2.45, 2.75) is 6.92 Å². The summed E-state index contributed by atoms with van der Waals surface area (Å²) in [5.74, 6) is -0.371. The van der Waals surface area contributed by atoms with Crippen LogP contribution < -0.4 is 4.74 Å². The molecule has 0 radical (unpaired) electrons. The Morgan fingerprint density at radius 3 is 2.82 bits per heavy atom. The standard InChI is InChI=1S/C12H10FNO2S/c1-7-14-6-11(17-7)12(15)9-5-8(13)3-4-10(9)16-2/h3-6H,1-2H3. The predicted octanol–water partition coefficient (Wildman–Crippen LogP) is 2.83. The number of ether oxygens (including phenoxy) is 1. The highest BCUT2D eigenvalue weighted by Crippen LogP contribution is 2.24. The lowest BCUT2D eigenvalue weighted by Crippen LogP contribution is -2.02. The molecule has 0 N–H and O–H groups in total. The highest BCUT2D eigenvalue weighted by atomic mass is 32.1. The highest BCUT2D eigenvalue weighted by molar-refractivity contribution is 7.13. The normalized spacial score (nSPS) is 10.3. The number of rotatable bonds is 3. The van der Waals surface area contributed by atoms with Crippen LogP contribution in [-0.2, 0) is 0 Å². The van der Waals surface area contributed by atoms with Crippen LogP contribution in [0.5, 0.6) is 5.75 Å². The van der Waals surface area contributed by atoms with Crippen molar-refractivity contribution in [1.29, 1.82) is 0 Å². The first-order valence-corrected chi connectivity index (χ1v) is 5.74. The van der Waals surface area contributed by atoms with Crippen LogP contribution in [0.2, 0.25) is 0 Å². The van der Waals surface area contributed by atoms with Gasteiger partial charge in [0.1, 0.15) is 11.6 Å². The van der Waals surface area contributed by atoms with Crippen molar-refractivity contribution in [3.63, 3.8) is 0 Å². The fourth-order valence-electron chi connectivity index (χ4n) is 1.46. The van der Waals surface area contributed by atoms with E-state index in [1.165, 1.54) is 42.8 Å². The Kier molecular flexibility index (Phi) is 3.19. The number of aryl methyl sites for hydroxylation is 1. The van der Waals surface area contributed by atoms with E-state index in [1.807, 2.05) is 6.92 Å². The quantitative estimate of drug-likeness (QED) is 0.787. The summed E-state index contributed by atoms with van der Waals surface area (Å²) in [6, 6.07) is 3.88. The van der Waals surface area contributed by atoms with Crippen molar-refractivity contribution in [2.24, 2.45) is 0 Å². The predicted molar refractivity (Wildman–Crippen MR) is 63.2 cm³/mol. The number of carbonyl (C=O) groups excluding carboxylic acids is 1. The number of ketones is 1. The van der Waals surface area contributed by atoms with Gasteiger partial charge in [0.2, 0.25) is 5.78 Å². The Hall–Kier alpha value is -1.75. The maximum Gasteiger partial charge on any atom is 0.208 e. The molecule has 5 heteroatoms. The second kappa shape index (κ2) is 4.63. The van der Waals surface area contributed by atoms with E-state index in [4.69, 9.17) is 4.74 Å². The minimum Gasteiger partial charge on any atom is -0.496 e. The molecular formula is C12H10FNO2S. The van der Waals surface area contributed by atoms with Gasteiger partial charge in [0.15, 0.2) is 0 Å². The van der Waals surface area contributed by atoms with Crippen LogP contribution in [0.15, 0.2) is 24.4 Å². The zero-order valence-electron chi connectivity index (χ0n) is 9.36. The van der Waals surface area contributed by atoms with Crippen LogP contribution in [-0.4, -0.2) is 17.9 Å². The molecule has 0 atom stereocenters. The van der Waals surface area contributed by atoms with E-state index in [9.17, 15) is 9.18 Å². The summed E-state index contributed by atoms with van der Waals surface area (Å²) in [7, 11) is 1.45. The molecule has 1 aromatic carbocycles. The molecule has 3 nitrogen and oxygen atoms in total. The number of nitrogens with zero attached hydrogens (tertiary/aromatic N) is 1. The van der Waals surface area contributed by atoms with E-state index in [1.54, 1.807) is 0 Å². The van der Waals surface area contributed by atoms with Gasteiger partial charge in [0.05, 0.1) is 22.6 Å². The Morgan fingerprint density at radius 2 is 2.24 bits per heavy atom. The minimum absolute atomic E-state index is 0.219. The first kappa shape index (κ1) is 11.7. The fourth-order valence-corrected chi connectivity index (χ4v) is 2.19. The molecule has 1 aromatic heterocycles. The molecule has 0 unspecified atom stereocenters. The molecule has 0 saturated carbocycles. The molecule has 0 aliphatic heterocycles. The Morgan fingerprint density at radius 1 is 1.47 bits per heavy atom. The molecule has 0 saturated heterocycles. The second-order valence-corrected chi connectivity index (χ2v) is 4.65. The van der Waals surface area contributed by atoms with Gasteiger partial charge in [0.25, 0.3) is 0 Å². The average Bonchev–Trinajstić information content (AvgIpc) is 2.75. The summed E-state index contributed by atoms with van der Waals surface area (Å²) in [4.78, 5) is 16.6. The lowest BCUT2D eigenvalue weighted by atomic mass is 10.1. The molecule has 2 aromatic rings. The van der Waals surface area contributed by atoms with E-state index >= 15 is 0 Å². The van der Waals surface area contributed by atoms with Gasteiger partial charge < -0.3 is 4.74 Å². The van der Waals surface area contributed by atoms with Crippen LogP contribution >= 0.6 is 11.3 Å². The van der Waals surface area contributed by atoms with Crippen LogP contribution in [0, 0.1) is 12.7 Å². The molecule has 2 rings (SSSR count). The Balaban J connectivity index is 2.46. The lowest BCUT2D eigenvalue weighted by molar-refractivity contribution is 0.103. The number of methoxy groups -OCH3 is 1. The van der Waals surface area contributed by atoms with Crippen molar-refractivity contribution in [3.8, 4) is 5.75 Å². The summed E-state index contributed by atoms with van der Waals surface area (Å²) in [5.41, 5.74) is 0.219. The molecule has 88 valence electrons. The molecule has 0 spiro atoms. The molecule has 0 bridgehead atoms. The Bertz CT molecular complexity index is 565. The highest BCUT2D eigenvalue weighted by Gasteiger charge is 2.17. The summed E-state index contributed by atoms with van der Waals surface area (Å²) in [5, 5.41) is 0.795. The van der Waals surface area contributed by atoms with Crippen LogP contribution in [0.1, 0.15) is 20.2 Å². The number of halogens is 1. The van der Waals surface area contributed by atoms with Gasteiger partial charge in [0, 0.05) is 6.20 Å². The van der Waals surface area contributed by atoms with Crippen LogP contribution in [0.4, 0.5) is 4.39 Å². The van der Waals surface area contributed by atoms with Gasteiger partial charge in [-0.2, -0.15) is 0 Å². The van der Waals surface area contributed by atoms with Gasteiger partial charge in [-0.05, 0) is 25.1 Å². The lowest BCUT2D eigenvalue weighted by Gasteiger charge is -2.05. The van der Waals surface area contributed by atoms with Crippen LogP contribution in [0.25, 0.3) is 0 Å². The zero-order valence-corrected chi connectivity index (χ0v) is 10.2. The first-order chi connectivity index (χ1) is 8.11. The summed E-state index contributed by atoms with van der Waals surface area (Å²) < 4.78 is 18.2. The SMILES string of the molecule is COc1ccc(F)cc1C(=O)c1cnc(C)s1. The number of hydrogen-bond acceptors (Lipinski definition) is 4. The summed E-state index contributed by atoms with van der Waals surface area (Å²) in [6.07, 6.45) is 1.49. The first-order valence-electron chi connectivity index (χ1n) is 4.92. The van der Waals surface area contributed by atoms with E-state index in [0.29, 0.717) is 10.6 Å².